The third-order valence-electron chi connectivity index (χ3n) is 14.0. The van der Waals surface area contributed by atoms with Crippen LogP contribution in [0.5, 0.6) is 23.0 Å². The summed E-state index contributed by atoms with van der Waals surface area (Å²) in [5, 5.41) is 6.98. The van der Waals surface area contributed by atoms with Crippen LogP contribution >= 0.6 is 0 Å². The maximum absolute atomic E-state index is 14.8. The Hall–Kier alpha value is -7.70. The summed E-state index contributed by atoms with van der Waals surface area (Å²) < 4.78 is 15.8. The van der Waals surface area contributed by atoms with Crippen LogP contribution < -0.4 is 36.7 Å². The number of rotatable bonds is 1. The van der Waals surface area contributed by atoms with Gasteiger partial charge in [-0.1, -0.05) is 97.1 Å². The Kier molecular flexibility index (Phi) is 5.19. The molecule has 6 heteroatoms. The Morgan fingerprint density at radius 1 is 0.458 bits per heavy atom. The van der Waals surface area contributed by atoms with E-state index < -0.39 is 5.41 Å². The minimum absolute atomic E-state index is 0.0770. The highest BCUT2D eigenvalue weighted by molar-refractivity contribution is 6.99. The number of benzene rings is 9. The molecule has 1 spiro atoms. The van der Waals surface area contributed by atoms with E-state index in [-0.39, 0.29) is 17.6 Å². The predicted molar refractivity (Wildman–Crippen MR) is 237 cm³/mol. The van der Waals surface area contributed by atoms with Crippen molar-refractivity contribution >= 4 is 82.7 Å². The third-order valence-corrected chi connectivity index (χ3v) is 14.0. The van der Waals surface area contributed by atoms with Gasteiger partial charge in [-0.2, -0.15) is 0 Å². The fourth-order valence-electron chi connectivity index (χ4n) is 11.9. The van der Waals surface area contributed by atoms with Crippen LogP contribution in [-0.4, -0.2) is 11.1 Å². The first-order valence-electron chi connectivity index (χ1n) is 20.1. The van der Waals surface area contributed by atoms with Gasteiger partial charge in [0.2, 0.25) is 0 Å². The van der Waals surface area contributed by atoms with Crippen molar-refractivity contribution < 1.29 is 9.47 Å². The number of ether oxygens (including phenoxy) is 2. The van der Waals surface area contributed by atoms with Gasteiger partial charge in [0.15, 0.2) is 10.9 Å². The van der Waals surface area contributed by atoms with E-state index in [9.17, 15) is 9.59 Å². The molecule has 0 unspecified atom stereocenters. The zero-order valence-electron chi connectivity index (χ0n) is 31.2. The highest BCUT2D eigenvalue weighted by atomic mass is 16.5. The Morgan fingerprint density at radius 3 is 1.59 bits per heavy atom. The van der Waals surface area contributed by atoms with Gasteiger partial charge in [-0.15, -0.1) is 0 Å². The van der Waals surface area contributed by atoms with Crippen molar-refractivity contribution in [3.8, 4) is 34.1 Å². The molecular weight excluding hydrogens is 725 g/mol. The second-order valence-electron chi connectivity index (χ2n) is 16.5. The summed E-state index contributed by atoms with van der Waals surface area (Å²) in [6, 6.07) is 54.3. The maximum Gasteiger partial charge on any atom is 0.261 e. The summed E-state index contributed by atoms with van der Waals surface area (Å²) in [4.78, 5) is 29.5. The van der Waals surface area contributed by atoms with Crippen LogP contribution in [0, 0.1) is 0 Å². The van der Waals surface area contributed by atoms with Crippen LogP contribution in [0.2, 0.25) is 0 Å². The molecule has 0 radical (unpaired) electrons. The molecule has 3 aliphatic heterocycles. The van der Waals surface area contributed by atoms with Gasteiger partial charge in [-0.05, 0) is 127 Å². The lowest BCUT2D eigenvalue weighted by molar-refractivity contribution is 0.461. The van der Waals surface area contributed by atoms with E-state index in [1.165, 1.54) is 27.5 Å². The Bertz CT molecular complexity index is 3800. The zero-order valence-corrected chi connectivity index (χ0v) is 31.2. The molecule has 59 heavy (non-hydrogen) atoms. The van der Waals surface area contributed by atoms with E-state index in [1.807, 2.05) is 78.9 Å². The first-order valence-corrected chi connectivity index (χ1v) is 20.1. The van der Waals surface area contributed by atoms with Crippen LogP contribution in [0.15, 0.2) is 167 Å². The van der Waals surface area contributed by atoms with Gasteiger partial charge >= 0.3 is 0 Å². The number of aromatic nitrogens is 1. The van der Waals surface area contributed by atoms with Crippen LogP contribution in [0.25, 0.3) is 70.8 Å². The molecule has 0 bridgehead atoms. The number of hydrogen-bond donors (Lipinski definition) is 0. The van der Waals surface area contributed by atoms with E-state index in [4.69, 9.17) is 9.47 Å². The highest BCUT2D eigenvalue weighted by Gasteiger charge is 2.57. The summed E-state index contributed by atoms with van der Waals surface area (Å²) >= 11 is 0. The number of pyridine rings is 2. The van der Waals surface area contributed by atoms with Crippen molar-refractivity contribution in [3.63, 3.8) is 0 Å². The van der Waals surface area contributed by atoms with Gasteiger partial charge < -0.3 is 13.9 Å². The molecule has 270 valence electrons. The summed E-state index contributed by atoms with van der Waals surface area (Å²) in [6.45, 7) is -0.0770. The largest absolute Gasteiger partial charge is 0.458 e. The van der Waals surface area contributed by atoms with Gasteiger partial charge in [-0.3, -0.25) is 9.59 Å². The number of para-hydroxylation sites is 2. The lowest BCUT2D eigenvalue weighted by atomic mass is 9.29. The monoisotopic (exact) mass is 751 g/mol. The van der Waals surface area contributed by atoms with Gasteiger partial charge in [0.1, 0.15) is 23.0 Å². The second-order valence-corrected chi connectivity index (χ2v) is 16.5. The smallest absolute Gasteiger partial charge is 0.261 e. The van der Waals surface area contributed by atoms with Crippen molar-refractivity contribution in [2.75, 3.05) is 0 Å². The van der Waals surface area contributed by atoms with E-state index in [1.54, 1.807) is 0 Å². The van der Waals surface area contributed by atoms with E-state index in [0.29, 0.717) is 27.1 Å². The van der Waals surface area contributed by atoms with Gasteiger partial charge in [0.25, 0.3) is 6.71 Å². The maximum atomic E-state index is 14.8. The third kappa shape index (κ3) is 3.31. The van der Waals surface area contributed by atoms with Crippen LogP contribution in [-0.2, 0) is 5.41 Å². The molecule has 0 saturated carbocycles. The first-order chi connectivity index (χ1) is 29.1. The molecule has 0 N–H and O–H groups in total. The molecule has 0 atom stereocenters. The fraction of sp³-hybridized carbons (Fsp3) is 0.0189. The lowest BCUT2D eigenvalue weighted by Crippen LogP contribution is -2.65. The topological polar surface area (TPSA) is 57.0 Å². The number of nitrogens with zero attached hydrogens (tertiary/aromatic N) is 1. The molecule has 5 nitrogen and oxygen atoms in total. The van der Waals surface area contributed by atoms with E-state index in [2.05, 4.69) is 83.3 Å². The highest BCUT2D eigenvalue weighted by Crippen LogP contribution is 2.60. The summed E-state index contributed by atoms with van der Waals surface area (Å²) in [6.07, 6.45) is 0. The van der Waals surface area contributed by atoms with Crippen molar-refractivity contribution in [1.29, 1.82) is 0 Å². The van der Waals surface area contributed by atoms with E-state index in [0.717, 1.165) is 77.9 Å². The van der Waals surface area contributed by atoms with Crippen LogP contribution in [0.1, 0.15) is 22.3 Å². The summed E-state index contributed by atoms with van der Waals surface area (Å²) in [5.41, 5.74) is 11.1. The number of fused-ring (bicyclic) bond motifs is 8. The Labute approximate surface area is 335 Å². The summed E-state index contributed by atoms with van der Waals surface area (Å²) in [5.74, 6) is 3.34. The molecule has 11 aromatic rings. The van der Waals surface area contributed by atoms with Crippen molar-refractivity contribution in [2.24, 2.45) is 0 Å². The van der Waals surface area contributed by atoms with Gasteiger partial charge in [0, 0.05) is 27.0 Å². The van der Waals surface area contributed by atoms with Crippen molar-refractivity contribution in [3.05, 3.63) is 200 Å². The molecule has 0 amide bonds. The molecule has 9 aromatic carbocycles. The second kappa shape index (κ2) is 10.1. The van der Waals surface area contributed by atoms with Crippen LogP contribution in [0.3, 0.4) is 0 Å². The minimum Gasteiger partial charge on any atom is -0.458 e. The zero-order chi connectivity index (χ0) is 38.5. The van der Waals surface area contributed by atoms with Gasteiger partial charge in [0.05, 0.1) is 22.0 Å². The average Bonchev–Trinajstić information content (AvgIpc) is 3.59. The molecule has 15 rings (SSSR count). The first kappa shape index (κ1) is 30.4. The molecular formula is C53H26BNO4. The Morgan fingerprint density at radius 2 is 0.966 bits per heavy atom. The molecule has 4 aliphatic rings. The molecule has 0 fully saturated rings. The molecule has 1 aliphatic carbocycles. The lowest BCUT2D eigenvalue weighted by Gasteiger charge is -2.47. The standard InChI is InChI=1S/C53H26BNO4/c56-51-31-10-1-3-15-38(31)55-39-16-4-2-11-32(39)52(57)34-26-29(25-33(51)50(34)55)30-24-23-28-22-21-27-9-5-12-35-44(27)45(28)46(30)53(35)36-13-6-17-40-47(36)54-48-37(53)14-7-18-41(48)59-43-20-8-19-42(58-40)49(43)54/h1-26H. The minimum atomic E-state index is -0.797. The van der Waals surface area contributed by atoms with Crippen LogP contribution in [0.4, 0.5) is 0 Å². The number of hydrogen-bond acceptors (Lipinski definition) is 4. The van der Waals surface area contributed by atoms with Crippen molar-refractivity contribution in [2.45, 2.75) is 5.41 Å². The fourth-order valence-corrected chi connectivity index (χ4v) is 11.9. The molecule has 2 aromatic heterocycles. The quantitative estimate of drug-likeness (QED) is 0.0954. The predicted octanol–water partition coefficient (Wildman–Crippen LogP) is 9.27. The molecule has 5 heterocycles. The van der Waals surface area contributed by atoms with Gasteiger partial charge in [-0.25, -0.2) is 0 Å². The Balaban J connectivity index is 1.15. The SMILES string of the molecule is O=c1c2ccccc2n2c3ccccc3c(=O)c3cc(-c4ccc5ccc6cccc7c6c5c4C74c5cccc6c5B5c7c(cccc7Oc7cccc4c75)O6)cc1c32. The van der Waals surface area contributed by atoms with Crippen molar-refractivity contribution in [1.82, 2.24) is 4.40 Å². The van der Waals surface area contributed by atoms with E-state index >= 15 is 0 Å². The normalized spacial score (nSPS) is 14.6. The molecule has 0 saturated heterocycles. The average molecular weight is 752 g/mol. The summed E-state index contributed by atoms with van der Waals surface area (Å²) in [7, 11) is 0.